The predicted octanol–water partition coefficient (Wildman–Crippen LogP) is 2.83. The Kier molecular flexibility index (Phi) is 5.50. The number of furan rings is 1. The largest absolute Gasteiger partial charge is 0.467 e. The van der Waals surface area contributed by atoms with Gasteiger partial charge in [-0.25, -0.2) is 4.79 Å². The highest BCUT2D eigenvalue weighted by atomic mass is 35.5. The zero-order chi connectivity index (χ0) is 17.0. The zero-order valence-corrected chi connectivity index (χ0v) is 13.9. The Labute approximate surface area is 140 Å². The number of nitrogens with zero attached hydrogens (tertiary/aromatic N) is 1. The summed E-state index contributed by atoms with van der Waals surface area (Å²) in [5.41, 5.74) is 6.68. The molecule has 1 aromatic rings. The molecule has 3 N–H and O–H groups in total. The number of carbonyl (C=O) groups is 1. The first-order chi connectivity index (χ1) is 10.9. The van der Waals surface area contributed by atoms with Crippen LogP contribution in [0.15, 0.2) is 50.8 Å². The lowest BCUT2D eigenvalue weighted by Crippen LogP contribution is -2.27. The molecular weight excluding hydrogens is 318 g/mol. The van der Waals surface area contributed by atoms with Gasteiger partial charge in [0, 0.05) is 5.70 Å². The van der Waals surface area contributed by atoms with Crippen molar-refractivity contribution in [2.24, 2.45) is 16.6 Å². The van der Waals surface area contributed by atoms with E-state index in [0.717, 1.165) is 18.5 Å². The number of hydrogen-bond donors (Lipinski definition) is 2. The van der Waals surface area contributed by atoms with E-state index in [0.29, 0.717) is 11.7 Å². The Morgan fingerprint density at radius 3 is 2.83 bits per heavy atom. The second-order valence-corrected chi connectivity index (χ2v) is 5.69. The summed E-state index contributed by atoms with van der Waals surface area (Å²) in [5, 5.41) is 2.91. The van der Waals surface area contributed by atoms with Gasteiger partial charge in [0.2, 0.25) is 0 Å². The van der Waals surface area contributed by atoms with Crippen molar-refractivity contribution in [3.63, 3.8) is 0 Å². The number of rotatable bonds is 7. The SMILES string of the molecule is C=C(NC(C(=O)OC)=C(Cl)C(N)=NC(C)c1ccco1)C1CC1. The van der Waals surface area contributed by atoms with Crippen LogP contribution in [0.4, 0.5) is 0 Å². The summed E-state index contributed by atoms with van der Waals surface area (Å²) >= 11 is 6.23. The first-order valence-electron chi connectivity index (χ1n) is 7.25. The molecule has 0 saturated heterocycles. The Balaban J connectivity index is 2.24. The molecule has 23 heavy (non-hydrogen) atoms. The molecule has 1 fully saturated rings. The van der Waals surface area contributed by atoms with E-state index in [1.807, 2.05) is 6.92 Å². The van der Waals surface area contributed by atoms with Crippen LogP contribution in [0.2, 0.25) is 0 Å². The third-order valence-electron chi connectivity index (χ3n) is 3.48. The van der Waals surface area contributed by atoms with Crippen LogP contribution < -0.4 is 11.1 Å². The Morgan fingerprint density at radius 2 is 2.30 bits per heavy atom. The Hall–Kier alpha value is -2.21. The Morgan fingerprint density at radius 1 is 1.61 bits per heavy atom. The van der Waals surface area contributed by atoms with Crippen LogP contribution in [-0.2, 0) is 9.53 Å². The molecule has 1 aliphatic rings. The third kappa shape index (κ3) is 4.39. The lowest BCUT2D eigenvalue weighted by Gasteiger charge is -2.13. The smallest absolute Gasteiger partial charge is 0.356 e. The first kappa shape index (κ1) is 17.1. The molecule has 7 heteroatoms. The van der Waals surface area contributed by atoms with Gasteiger partial charge in [-0.05, 0) is 37.8 Å². The van der Waals surface area contributed by atoms with Gasteiger partial charge in [-0.1, -0.05) is 18.2 Å². The van der Waals surface area contributed by atoms with Gasteiger partial charge >= 0.3 is 5.97 Å². The topological polar surface area (TPSA) is 89.8 Å². The van der Waals surface area contributed by atoms with E-state index < -0.39 is 5.97 Å². The minimum atomic E-state index is -0.624. The summed E-state index contributed by atoms with van der Waals surface area (Å²) in [7, 11) is 1.27. The van der Waals surface area contributed by atoms with Crippen LogP contribution in [0.5, 0.6) is 0 Å². The molecule has 0 radical (unpaired) electrons. The van der Waals surface area contributed by atoms with Crippen LogP contribution in [0.3, 0.4) is 0 Å². The van der Waals surface area contributed by atoms with Crippen LogP contribution in [0.1, 0.15) is 31.6 Å². The van der Waals surface area contributed by atoms with E-state index in [2.05, 4.69) is 16.9 Å². The second kappa shape index (κ2) is 7.37. The fraction of sp³-hybridized carbons (Fsp3) is 0.375. The van der Waals surface area contributed by atoms with Crippen molar-refractivity contribution < 1.29 is 13.9 Å². The monoisotopic (exact) mass is 337 g/mol. The summed E-state index contributed by atoms with van der Waals surface area (Å²) in [6, 6.07) is 3.22. The second-order valence-electron chi connectivity index (χ2n) is 5.31. The van der Waals surface area contributed by atoms with Crippen molar-refractivity contribution in [3.8, 4) is 0 Å². The number of nitrogens with two attached hydrogens (primary N) is 1. The highest BCUT2D eigenvalue weighted by Crippen LogP contribution is 2.34. The molecule has 0 aliphatic heterocycles. The van der Waals surface area contributed by atoms with Gasteiger partial charge in [-0.3, -0.25) is 4.99 Å². The van der Waals surface area contributed by atoms with Gasteiger partial charge in [0.15, 0.2) is 0 Å². The highest BCUT2D eigenvalue weighted by molar-refractivity contribution is 6.44. The summed E-state index contributed by atoms with van der Waals surface area (Å²) in [6.07, 6.45) is 3.63. The molecule has 6 nitrogen and oxygen atoms in total. The quantitative estimate of drug-likeness (QED) is 0.345. The Bertz CT molecular complexity index is 646. The molecule has 1 saturated carbocycles. The van der Waals surface area contributed by atoms with Crippen LogP contribution in [-0.4, -0.2) is 18.9 Å². The van der Waals surface area contributed by atoms with Crippen molar-refractivity contribution in [1.82, 2.24) is 5.32 Å². The van der Waals surface area contributed by atoms with Crippen molar-refractivity contribution in [2.45, 2.75) is 25.8 Å². The predicted molar refractivity (Wildman–Crippen MR) is 88.6 cm³/mol. The number of hydrogen-bond acceptors (Lipinski definition) is 5. The maximum Gasteiger partial charge on any atom is 0.356 e. The molecule has 1 aliphatic carbocycles. The van der Waals surface area contributed by atoms with E-state index >= 15 is 0 Å². The van der Waals surface area contributed by atoms with Crippen LogP contribution >= 0.6 is 11.6 Å². The van der Waals surface area contributed by atoms with E-state index in [9.17, 15) is 4.79 Å². The molecular formula is C16H20ClN3O3. The molecule has 2 rings (SSSR count). The van der Waals surface area contributed by atoms with Gasteiger partial charge in [-0.2, -0.15) is 0 Å². The van der Waals surface area contributed by atoms with E-state index in [-0.39, 0.29) is 22.6 Å². The normalized spacial score (nSPS) is 17.3. The number of nitrogens with one attached hydrogen (secondary N) is 1. The maximum absolute atomic E-state index is 12.0. The van der Waals surface area contributed by atoms with Crippen molar-refractivity contribution >= 4 is 23.4 Å². The fourth-order valence-corrected chi connectivity index (χ4v) is 2.15. The summed E-state index contributed by atoms with van der Waals surface area (Å²) < 4.78 is 10.0. The van der Waals surface area contributed by atoms with Crippen molar-refractivity contribution in [2.75, 3.05) is 7.11 Å². The average molecular weight is 338 g/mol. The van der Waals surface area contributed by atoms with Gasteiger partial charge in [0.1, 0.15) is 28.4 Å². The van der Waals surface area contributed by atoms with Crippen LogP contribution in [0.25, 0.3) is 0 Å². The van der Waals surface area contributed by atoms with E-state index in [4.69, 9.17) is 26.5 Å². The number of halogens is 1. The van der Waals surface area contributed by atoms with Gasteiger partial charge in [0.05, 0.1) is 13.4 Å². The number of aliphatic imine (C=N–C) groups is 1. The minimum Gasteiger partial charge on any atom is -0.467 e. The van der Waals surface area contributed by atoms with E-state index in [1.54, 1.807) is 18.4 Å². The molecule has 0 amide bonds. The van der Waals surface area contributed by atoms with Gasteiger partial charge < -0.3 is 20.2 Å². The number of methoxy groups -OCH3 is 1. The van der Waals surface area contributed by atoms with Gasteiger partial charge in [0.25, 0.3) is 0 Å². The molecule has 1 unspecified atom stereocenters. The number of esters is 1. The number of allylic oxidation sites excluding steroid dienone is 1. The van der Waals surface area contributed by atoms with E-state index in [1.165, 1.54) is 7.11 Å². The summed E-state index contributed by atoms with van der Waals surface area (Å²) in [4.78, 5) is 16.2. The molecule has 1 aromatic heterocycles. The average Bonchev–Trinajstić information content (AvgIpc) is 3.25. The molecule has 1 heterocycles. The zero-order valence-electron chi connectivity index (χ0n) is 13.1. The minimum absolute atomic E-state index is 0.00273. The molecule has 0 aromatic carbocycles. The third-order valence-corrected chi connectivity index (χ3v) is 3.86. The van der Waals surface area contributed by atoms with Crippen molar-refractivity contribution in [1.29, 1.82) is 0 Å². The number of amidine groups is 1. The molecule has 0 bridgehead atoms. The number of carbonyl (C=O) groups excluding carboxylic acids is 1. The molecule has 124 valence electrons. The summed E-state index contributed by atoms with van der Waals surface area (Å²) in [5.74, 6) is 0.388. The summed E-state index contributed by atoms with van der Waals surface area (Å²) in [6.45, 7) is 5.72. The molecule has 0 spiro atoms. The lowest BCUT2D eigenvalue weighted by atomic mass is 10.2. The number of ether oxygens (including phenoxy) is 1. The van der Waals surface area contributed by atoms with Gasteiger partial charge in [-0.15, -0.1) is 0 Å². The molecule has 1 atom stereocenters. The lowest BCUT2D eigenvalue weighted by molar-refractivity contribution is -0.136. The maximum atomic E-state index is 12.0. The fourth-order valence-electron chi connectivity index (χ4n) is 1.98. The standard InChI is InChI=1S/C16H20ClN3O3/c1-9(11-6-7-11)19-14(16(21)22-3)13(17)15(18)20-10(2)12-5-4-8-23-12/h4-5,8,10-11,19H,1,6-7H2,2-3H3,(H2,18,20). The van der Waals surface area contributed by atoms with Crippen LogP contribution in [0, 0.1) is 5.92 Å². The highest BCUT2D eigenvalue weighted by Gasteiger charge is 2.28. The first-order valence-corrected chi connectivity index (χ1v) is 7.62. The van der Waals surface area contributed by atoms with Crippen molar-refractivity contribution in [3.05, 3.63) is 47.2 Å².